The van der Waals surface area contributed by atoms with Crippen molar-refractivity contribution in [1.29, 1.82) is 0 Å². The van der Waals surface area contributed by atoms with E-state index in [1.165, 1.54) is 70.6 Å². The highest BCUT2D eigenvalue weighted by atomic mass is 35.5. The third-order valence-corrected chi connectivity index (χ3v) is 9.70. The molecule has 0 saturated heterocycles. The highest BCUT2D eigenvalue weighted by Gasteiger charge is 2.58. The molecule has 4 saturated carbocycles. The average molecular weight is 387 g/mol. The van der Waals surface area contributed by atoms with E-state index < -0.39 is 0 Å². The maximum absolute atomic E-state index is 6.36. The van der Waals surface area contributed by atoms with E-state index in [2.05, 4.69) is 6.92 Å². The lowest BCUT2D eigenvalue weighted by Gasteiger charge is -2.60. The summed E-state index contributed by atoms with van der Waals surface area (Å²) in [4.78, 5) is 0. The van der Waals surface area contributed by atoms with E-state index in [-0.39, 0.29) is 0 Å². The van der Waals surface area contributed by atoms with E-state index in [4.69, 9.17) is 16.3 Å². The van der Waals surface area contributed by atoms with Crippen molar-refractivity contribution in [2.24, 2.45) is 34.5 Å². The van der Waals surface area contributed by atoms with E-state index in [1.54, 1.807) is 0 Å². The van der Waals surface area contributed by atoms with Crippen LogP contribution in [0.1, 0.15) is 77.6 Å². The molecular formula is C25H35ClO. The van der Waals surface area contributed by atoms with Crippen LogP contribution in [0.2, 0.25) is 5.02 Å². The number of benzene rings is 1. The number of hydrogen-bond donors (Lipinski definition) is 0. The van der Waals surface area contributed by atoms with Gasteiger partial charge in [-0.25, -0.2) is 0 Å². The Kier molecular flexibility index (Phi) is 4.74. The molecule has 0 amide bonds. The van der Waals surface area contributed by atoms with Crippen molar-refractivity contribution in [3.05, 3.63) is 29.3 Å². The number of rotatable bonds is 3. The lowest BCUT2D eigenvalue weighted by atomic mass is 9.45. The van der Waals surface area contributed by atoms with E-state index in [0.29, 0.717) is 10.8 Å². The molecule has 5 rings (SSSR count). The van der Waals surface area contributed by atoms with Gasteiger partial charge in [0, 0.05) is 10.4 Å². The Balaban J connectivity index is 1.35. The summed E-state index contributed by atoms with van der Waals surface area (Å²) in [5.41, 5.74) is 1.09. The molecule has 0 radical (unpaired) electrons. The molecule has 2 heteroatoms. The van der Waals surface area contributed by atoms with Crippen LogP contribution in [0.4, 0.5) is 0 Å². The summed E-state index contributed by atoms with van der Waals surface area (Å²) in [5.74, 6) is 4.87. The topological polar surface area (TPSA) is 9.23 Å². The molecule has 4 aliphatic carbocycles. The summed E-state index contributed by atoms with van der Waals surface area (Å²) in [6, 6.07) is 7.96. The summed E-state index contributed by atoms with van der Waals surface area (Å²) < 4.78 is 6.36. The van der Waals surface area contributed by atoms with Gasteiger partial charge in [-0.15, -0.1) is 0 Å². The van der Waals surface area contributed by atoms with Crippen LogP contribution >= 0.6 is 11.6 Å². The minimum Gasteiger partial charge on any atom is -0.493 e. The predicted octanol–water partition coefficient (Wildman–Crippen LogP) is 7.52. The van der Waals surface area contributed by atoms with Gasteiger partial charge in [0.25, 0.3) is 0 Å². The first kappa shape index (κ1) is 18.3. The molecule has 148 valence electrons. The van der Waals surface area contributed by atoms with Crippen molar-refractivity contribution in [3.63, 3.8) is 0 Å². The fourth-order valence-corrected chi connectivity index (χ4v) is 8.22. The molecule has 0 unspecified atom stereocenters. The van der Waals surface area contributed by atoms with Crippen LogP contribution in [-0.2, 0) is 0 Å². The zero-order chi connectivity index (χ0) is 18.5. The highest BCUT2D eigenvalue weighted by Crippen LogP contribution is 2.66. The summed E-state index contributed by atoms with van der Waals surface area (Å²) in [7, 11) is 0. The van der Waals surface area contributed by atoms with Gasteiger partial charge in [0.1, 0.15) is 5.75 Å². The quantitative estimate of drug-likeness (QED) is 0.521. The van der Waals surface area contributed by atoms with Crippen LogP contribution in [-0.4, -0.2) is 6.61 Å². The van der Waals surface area contributed by atoms with E-state index in [0.717, 1.165) is 41.1 Å². The van der Waals surface area contributed by atoms with Crippen molar-refractivity contribution < 1.29 is 4.74 Å². The molecular weight excluding hydrogens is 352 g/mol. The van der Waals surface area contributed by atoms with Crippen molar-refractivity contribution in [1.82, 2.24) is 0 Å². The number of hydrogen-bond acceptors (Lipinski definition) is 1. The van der Waals surface area contributed by atoms with Crippen LogP contribution in [0, 0.1) is 34.5 Å². The molecule has 1 aromatic rings. The predicted molar refractivity (Wildman–Crippen MR) is 112 cm³/mol. The lowest BCUT2D eigenvalue weighted by molar-refractivity contribution is -0.115. The lowest BCUT2D eigenvalue weighted by Crippen LogP contribution is -2.53. The fraction of sp³-hybridized carbons (Fsp3) is 0.760. The Morgan fingerprint density at radius 2 is 1.74 bits per heavy atom. The molecule has 27 heavy (non-hydrogen) atoms. The Morgan fingerprint density at radius 1 is 0.889 bits per heavy atom. The highest BCUT2D eigenvalue weighted by molar-refractivity contribution is 6.30. The SMILES string of the molecule is C[C@]12CCCC[C@@H]1CC[C@H]1[C@@H]3CCC[C@@]3(COc3ccc(Cl)cc3)CC[C@@H]12. The van der Waals surface area contributed by atoms with Gasteiger partial charge < -0.3 is 4.74 Å². The third kappa shape index (κ3) is 3.04. The second kappa shape index (κ2) is 6.97. The zero-order valence-electron chi connectivity index (χ0n) is 16.9. The summed E-state index contributed by atoms with van der Waals surface area (Å²) in [6.07, 6.45) is 16.1. The van der Waals surface area contributed by atoms with Crippen LogP contribution in [0.5, 0.6) is 5.75 Å². The monoisotopic (exact) mass is 386 g/mol. The first-order valence-corrected chi connectivity index (χ1v) is 11.9. The van der Waals surface area contributed by atoms with Gasteiger partial charge in [-0.3, -0.25) is 0 Å². The molecule has 6 atom stereocenters. The summed E-state index contributed by atoms with van der Waals surface area (Å²) in [5, 5.41) is 0.789. The molecule has 0 N–H and O–H groups in total. The second-order valence-electron chi connectivity index (χ2n) is 10.4. The Labute approximate surface area is 170 Å². The maximum atomic E-state index is 6.36. The fourth-order valence-electron chi connectivity index (χ4n) is 8.10. The Hall–Kier alpha value is -0.690. The van der Waals surface area contributed by atoms with Crippen molar-refractivity contribution in [3.8, 4) is 5.75 Å². The van der Waals surface area contributed by atoms with Crippen molar-refractivity contribution >= 4 is 11.6 Å². The standard InChI is InChI=1S/C25H35ClO/c1-24-14-3-2-5-18(24)7-12-21-22(24)13-16-25(15-4-6-23(21)25)17-27-20-10-8-19(26)9-11-20/h8-11,18,21-23H,2-7,12-17H2,1H3/t18-,21-,22+,23+,24+,25+/m1/s1. The van der Waals surface area contributed by atoms with Crippen LogP contribution < -0.4 is 4.74 Å². The molecule has 0 bridgehead atoms. The maximum Gasteiger partial charge on any atom is 0.119 e. The summed E-state index contributed by atoms with van der Waals surface area (Å²) >= 11 is 6.04. The first-order valence-electron chi connectivity index (χ1n) is 11.5. The van der Waals surface area contributed by atoms with Gasteiger partial charge in [-0.2, -0.15) is 0 Å². The van der Waals surface area contributed by atoms with E-state index in [1.807, 2.05) is 24.3 Å². The molecule has 0 aromatic heterocycles. The molecule has 0 heterocycles. The smallest absolute Gasteiger partial charge is 0.119 e. The number of ether oxygens (including phenoxy) is 1. The molecule has 1 aromatic carbocycles. The van der Waals surface area contributed by atoms with Gasteiger partial charge in [0.2, 0.25) is 0 Å². The molecule has 1 nitrogen and oxygen atoms in total. The minimum absolute atomic E-state index is 0.443. The molecule has 4 fully saturated rings. The van der Waals surface area contributed by atoms with Gasteiger partial charge in [0.05, 0.1) is 6.61 Å². The molecule has 4 aliphatic rings. The zero-order valence-corrected chi connectivity index (χ0v) is 17.6. The largest absolute Gasteiger partial charge is 0.493 e. The number of halogens is 1. The van der Waals surface area contributed by atoms with Crippen LogP contribution in [0.3, 0.4) is 0 Å². The van der Waals surface area contributed by atoms with Gasteiger partial charge in [0.15, 0.2) is 0 Å². The van der Waals surface area contributed by atoms with E-state index >= 15 is 0 Å². The third-order valence-electron chi connectivity index (χ3n) is 9.45. The van der Waals surface area contributed by atoms with Gasteiger partial charge in [-0.05, 0) is 105 Å². The second-order valence-corrected chi connectivity index (χ2v) is 10.9. The van der Waals surface area contributed by atoms with Crippen LogP contribution in [0.25, 0.3) is 0 Å². The van der Waals surface area contributed by atoms with Crippen LogP contribution in [0.15, 0.2) is 24.3 Å². The average Bonchev–Trinajstić information content (AvgIpc) is 3.12. The molecule has 0 spiro atoms. The van der Waals surface area contributed by atoms with Gasteiger partial charge in [-0.1, -0.05) is 37.8 Å². The van der Waals surface area contributed by atoms with Gasteiger partial charge >= 0.3 is 0 Å². The molecule has 0 aliphatic heterocycles. The minimum atomic E-state index is 0.443. The van der Waals surface area contributed by atoms with E-state index in [9.17, 15) is 0 Å². The normalized spacial score (nSPS) is 43.5. The first-order chi connectivity index (χ1) is 13.1. The Morgan fingerprint density at radius 3 is 2.59 bits per heavy atom. The van der Waals surface area contributed by atoms with Crippen molar-refractivity contribution in [2.45, 2.75) is 77.6 Å². The Bertz CT molecular complexity index is 669. The number of fused-ring (bicyclic) bond motifs is 5. The van der Waals surface area contributed by atoms with Crippen molar-refractivity contribution in [2.75, 3.05) is 6.61 Å². The summed E-state index contributed by atoms with van der Waals surface area (Å²) in [6.45, 7) is 3.60.